The molecule has 4 N–H and O–H groups in total. The molecule has 0 radical (unpaired) electrons. The van der Waals surface area contributed by atoms with E-state index < -0.39 is 0 Å². The first-order valence-electron chi connectivity index (χ1n) is 7.31. The van der Waals surface area contributed by atoms with Crippen LogP contribution >= 0.6 is 0 Å². The number of aryl methyl sites for hydroxylation is 1. The standard InChI is InChI=1S/C15H24N6O/c1-11-10-14(4-7-18-11)22-13-5-8-21(9-6-13)15(20(3)17)19-12(2)16/h4,7,10,13H,2,5-6,8-9,16-17H2,1,3H3/b19-15+. The highest BCUT2D eigenvalue weighted by Gasteiger charge is 2.24. The average Bonchev–Trinajstić information content (AvgIpc) is 2.45. The summed E-state index contributed by atoms with van der Waals surface area (Å²) in [6, 6.07) is 3.84. The second kappa shape index (κ2) is 7.13. The lowest BCUT2D eigenvalue weighted by Gasteiger charge is -2.36. The molecule has 22 heavy (non-hydrogen) atoms. The van der Waals surface area contributed by atoms with Crippen LogP contribution in [0.1, 0.15) is 18.5 Å². The van der Waals surface area contributed by atoms with Gasteiger partial charge in [-0.3, -0.25) is 9.99 Å². The number of aromatic nitrogens is 1. The summed E-state index contributed by atoms with van der Waals surface area (Å²) >= 11 is 0. The van der Waals surface area contributed by atoms with Gasteiger partial charge in [0.05, 0.1) is 0 Å². The Bertz CT molecular complexity index is 549. The molecule has 7 nitrogen and oxygen atoms in total. The lowest BCUT2D eigenvalue weighted by molar-refractivity contribution is 0.125. The second-order valence-electron chi connectivity index (χ2n) is 5.45. The number of hydrogen-bond donors (Lipinski definition) is 2. The minimum absolute atomic E-state index is 0.184. The monoisotopic (exact) mass is 304 g/mol. The Hall–Kier alpha value is -2.28. The zero-order valence-corrected chi connectivity index (χ0v) is 13.2. The quantitative estimate of drug-likeness (QED) is 0.372. The fraction of sp³-hybridized carbons (Fsp3) is 0.467. The predicted octanol–water partition coefficient (Wildman–Crippen LogP) is 0.825. The third-order valence-corrected chi connectivity index (χ3v) is 3.45. The first kappa shape index (κ1) is 16.1. The number of nitrogens with zero attached hydrogens (tertiary/aromatic N) is 4. The maximum absolute atomic E-state index is 6.01. The van der Waals surface area contributed by atoms with E-state index in [-0.39, 0.29) is 11.9 Å². The first-order valence-corrected chi connectivity index (χ1v) is 7.31. The van der Waals surface area contributed by atoms with Gasteiger partial charge >= 0.3 is 0 Å². The largest absolute Gasteiger partial charge is 0.490 e. The number of rotatable bonds is 3. The summed E-state index contributed by atoms with van der Waals surface area (Å²) in [6.45, 7) is 7.17. The van der Waals surface area contributed by atoms with Crippen molar-refractivity contribution >= 4 is 5.96 Å². The van der Waals surface area contributed by atoms with Crippen LogP contribution in [0.3, 0.4) is 0 Å². The number of pyridine rings is 1. The van der Waals surface area contributed by atoms with E-state index in [0.29, 0.717) is 5.96 Å². The van der Waals surface area contributed by atoms with Crippen molar-refractivity contribution in [3.8, 4) is 5.75 Å². The Morgan fingerprint density at radius 2 is 2.18 bits per heavy atom. The van der Waals surface area contributed by atoms with Crippen LogP contribution in [0.2, 0.25) is 0 Å². The summed E-state index contributed by atoms with van der Waals surface area (Å²) in [5.41, 5.74) is 6.51. The van der Waals surface area contributed by atoms with E-state index >= 15 is 0 Å². The van der Waals surface area contributed by atoms with Crippen molar-refractivity contribution in [1.82, 2.24) is 14.9 Å². The molecule has 1 aliphatic heterocycles. The third-order valence-electron chi connectivity index (χ3n) is 3.45. The number of aliphatic imine (C=N–C) groups is 1. The average molecular weight is 304 g/mol. The summed E-state index contributed by atoms with van der Waals surface area (Å²) in [5.74, 6) is 7.56. The van der Waals surface area contributed by atoms with Crippen molar-refractivity contribution in [2.45, 2.75) is 25.9 Å². The highest BCUT2D eigenvalue weighted by atomic mass is 16.5. The third kappa shape index (κ3) is 4.36. The molecule has 2 rings (SSSR count). The zero-order valence-electron chi connectivity index (χ0n) is 13.2. The van der Waals surface area contributed by atoms with Gasteiger partial charge in [0.2, 0.25) is 5.96 Å². The molecule has 1 aliphatic rings. The van der Waals surface area contributed by atoms with Crippen LogP contribution in [0, 0.1) is 6.92 Å². The Morgan fingerprint density at radius 1 is 1.50 bits per heavy atom. The van der Waals surface area contributed by atoms with Crippen LogP contribution in [0.25, 0.3) is 0 Å². The summed E-state index contributed by atoms with van der Waals surface area (Å²) in [7, 11) is 1.74. The highest BCUT2D eigenvalue weighted by molar-refractivity contribution is 5.80. The summed E-state index contributed by atoms with van der Waals surface area (Å²) < 4.78 is 6.01. The van der Waals surface area contributed by atoms with Gasteiger partial charge in [0.25, 0.3) is 0 Å². The molecule has 0 unspecified atom stereocenters. The minimum Gasteiger partial charge on any atom is -0.490 e. The number of hydrazine groups is 1. The second-order valence-corrected chi connectivity index (χ2v) is 5.45. The van der Waals surface area contributed by atoms with E-state index in [1.807, 2.05) is 19.1 Å². The van der Waals surface area contributed by atoms with Crippen molar-refractivity contribution in [2.75, 3.05) is 20.1 Å². The highest BCUT2D eigenvalue weighted by Crippen LogP contribution is 2.19. The molecule has 1 saturated heterocycles. The van der Waals surface area contributed by atoms with Crippen LogP contribution < -0.4 is 16.3 Å². The predicted molar refractivity (Wildman–Crippen MR) is 86.9 cm³/mol. The van der Waals surface area contributed by atoms with E-state index in [2.05, 4.69) is 21.5 Å². The van der Waals surface area contributed by atoms with Gasteiger partial charge in [-0.05, 0) is 13.0 Å². The van der Waals surface area contributed by atoms with E-state index in [0.717, 1.165) is 37.4 Å². The molecular weight excluding hydrogens is 280 g/mol. The number of guanidine groups is 1. The molecule has 1 aromatic heterocycles. The van der Waals surface area contributed by atoms with Crippen LogP contribution in [0.4, 0.5) is 0 Å². The van der Waals surface area contributed by atoms with E-state index in [1.54, 1.807) is 13.2 Å². The maximum atomic E-state index is 6.01. The van der Waals surface area contributed by atoms with Gasteiger partial charge in [-0.1, -0.05) is 6.58 Å². The molecule has 120 valence electrons. The molecule has 0 saturated carbocycles. The van der Waals surface area contributed by atoms with Crippen molar-refractivity contribution in [2.24, 2.45) is 16.6 Å². The molecule has 0 atom stereocenters. The number of nitrogens with two attached hydrogens (primary N) is 2. The van der Waals surface area contributed by atoms with Gasteiger partial charge in [0.1, 0.15) is 17.7 Å². The van der Waals surface area contributed by atoms with Crippen molar-refractivity contribution < 1.29 is 4.74 Å². The van der Waals surface area contributed by atoms with Crippen LogP contribution in [-0.4, -0.2) is 47.1 Å². The summed E-state index contributed by atoms with van der Waals surface area (Å²) in [6.07, 6.45) is 3.74. The molecule has 1 aromatic rings. The van der Waals surface area contributed by atoms with Crippen LogP contribution in [-0.2, 0) is 0 Å². The molecule has 0 spiro atoms. The van der Waals surface area contributed by atoms with Crippen molar-refractivity contribution in [3.05, 3.63) is 36.4 Å². The van der Waals surface area contributed by atoms with E-state index in [1.165, 1.54) is 5.01 Å². The zero-order chi connectivity index (χ0) is 16.1. The Kier molecular flexibility index (Phi) is 5.21. The van der Waals surface area contributed by atoms with Crippen molar-refractivity contribution in [1.29, 1.82) is 0 Å². The first-order chi connectivity index (χ1) is 10.5. The normalized spacial score (nSPS) is 16.5. The fourth-order valence-corrected chi connectivity index (χ4v) is 2.46. The Morgan fingerprint density at radius 3 is 2.73 bits per heavy atom. The molecule has 0 aromatic carbocycles. The summed E-state index contributed by atoms with van der Waals surface area (Å²) in [4.78, 5) is 10.5. The molecule has 7 heteroatoms. The molecule has 0 bridgehead atoms. The Balaban J connectivity index is 1.93. The number of ether oxygens (including phenoxy) is 1. The molecule has 1 fully saturated rings. The smallest absolute Gasteiger partial charge is 0.217 e. The van der Waals surface area contributed by atoms with Gasteiger partial charge < -0.3 is 15.4 Å². The lowest BCUT2D eigenvalue weighted by Crippen LogP contribution is -2.50. The molecule has 0 aliphatic carbocycles. The van der Waals surface area contributed by atoms with Gasteiger partial charge in [0, 0.05) is 50.9 Å². The van der Waals surface area contributed by atoms with Crippen LogP contribution in [0.15, 0.2) is 35.7 Å². The summed E-state index contributed by atoms with van der Waals surface area (Å²) in [5, 5.41) is 1.46. The van der Waals surface area contributed by atoms with Gasteiger partial charge in [-0.2, -0.15) is 4.99 Å². The van der Waals surface area contributed by atoms with E-state index in [4.69, 9.17) is 16.3 Å². The van der Waals surface area contributed by atoms with Crippen LogP contribution in [0.5, 0.6) is 5.75 Å². The number of piperidine rings is 1. The topological polar surface area (TPSA) is 93.0 Å². The SMILES string of the molecule is C=C(N)/N=C(\N(C)N)N1CCC(Oc2ccnc(C)c2)CC1. The maximum Gasteiger partial charge on any atom is 0.217 e. The molecule has 2 heterocycles. The van der Waals surface area contributed by atoms with Gasteiger partial charge in [-0.25, -0.2) is 5.84 Å². The lowest BCUT2D eigenvalue weighted by atomic mass is 10.1. The minimum atomic E-state index is 0.184. The van der Waals surface area contributed by atoms with E-state index in [9.17, 15) is 0 Å². The molecular formula is C15H24N6O. The number of likely N-dealkylation sites (tertiary alicyclic amines) is 1. The van der Waals surface area contributed by atoms with Gasteiger partial charge in [-0.15, -0.1) is 0 Å². The molecule has 0 amide bonds. The number of hydrogen-bond acceptors (Lipinski definition) is 5. The van der Waals surface area contributed by atoms with Gasteiger partial charge in [0.15, 0.2) is 0 Å². The fourth-order valence-electron chi connectivity index (χ4n) is 2.46. The Labute approximate surface area is 131 Å². The van der Waals surface area contributed by atoms with Crippen molar-refractivity contribution in [3.63, 3.8) is 0 Å².